The van der Waals surface area contributed by atoms with E-state index in [-0.39, 0.29) is 11.2 Å². The molecule has 0 unspecified atom stereocenters. The van der Waals surface area contributed by atoms with Crippen molar-refractivity contribution >= 4 is 23.4 Å². The maximum absolute atomic E-state index is 12.3. The number of aryl methyl sites for hydroxylation is 1. The molecule has 0 bridgehead atoms. The number of nitrogens with zero attached hydrogens (tertiary/aromatic N) is 1. The van der Waals surface area contributed by atoms with Crippen LogP contribution in [0.3, 0.4) is 0 Å². The molecule has 0 fully saturated rings. The Labute approximate surface area is 152 Å². The van der Waals surface area contributed by atoms with Gasteiger partial charge in [0.1, 0.15) is 0 Å². The maximum Gasteiger partial charge on any atom is 0.237 e. The van der Waals surface area contributed by atoms with Gasteiger partial charge in [-0.25, -0.2) is 4.98 Å². The molecular weight excluding hydrogens is 330 g/mol. The first kappa shape index (κ1) is 17.3. The highest BCUT2D eigenvalue weighted by Gasteiger charge is 2.17. The zero-order valence-corrected chi connectivity index (χ0v) is 15.1. The van der Waals surface area contributed by atoms with Crippen LogP contribution < -0.4 is 5.32 Å². The highest BCUT2D eigenvalue weighted by atomic mass is 32.2. The predicted octanol–water partition coefficient (Wildman–Crippen LogP) is 4.43. The molecule has 3 rings (SSSR count). The molecule has 1 heterocycles. The van der Waals surface area contributed by atoms with Crippen molar-refractivity contribution in [1.82, 2.24) is 9.97 Å². The van der Waals surface area contributed by atoms with Gasteiger partial charge in [0, 0.05) is 17.8 Å². The van der Waals surface area contributed by atoms with Crippen molar-refractivity contribution in [1.29, 1.82) is 0 Å². The van der Waals surface area contributed by atoms with E-state index in [2.05, 4.69) is 27.4 Å². The van der Waals surface area contributed by atoms with Crippen LogP contribution in [0.2, 0.25) is 0 Å². The number of thioether (sulfide) groups is 1. The molecule has 0 aliphatic heterocycles. The molecule has 1 amide bonds. The summed E-state index contributed by atoms with van der Waals surface area (Å²) in [6.07, 6.45) is 0.786. The number of hydrogen-bond donors (Lipinski definition) is 2. The quantitative estimate of drug-likeness (QED) is 0.646. The molecule has 25 heavy (non-hydrogen) atoms. The third-order valence-electron chi connectivity index (χ3n) is 3.88. The van der Waals surface area contributed by atoms with E-state index in [0.29, 0.717) is 0 Å². The number of anilines is 1. The van der Waals surface area contributed by atoms with E-state index >= 15 is 0 Å². The Kier molecular flexibility index (Phi) is 5.56. The lowest BCUT2D eigenvalue weighted by Crippen LogP contribution is -2.22. The summed E-state index contributed by atoms with van der Waals surface area (Å²) in [6, 6.07) is 19.7. The van der Waals surface area contributed by atoms with Gasteiger partial charge in [0.15, 0.2) is 5.16 Å². The molecule has 2 aromatic carbocycles. The van der Waals surface area contributed by atoms with Crippen LogP contribution in [0.1, 0.15) is 23.9 Å². The van der Waals surface area contributed by atoms with Crippen molar-refractivity contribution in [2.75, 3.05) is 5.32 Å². The van der Waals surface area contributed by atoms with E-state index in [1.165, 1.54) is 17.3 Å². The monoisotopic (exact) mass is 351 g/mol. The van der Waals surface area contributed by atoms with E-state index in [1.807, 2.05) is 62.4 Å². The number of H-pyrrole nitrogens is 1. The number of aromatic nitrogens is 2. The van der Waals surface area contributed by atoms with Gasteiger partial charge in [-0.1, -0.05) is 60.3 Å². The van der Waals surface area contributed by atoms with Gasteiger partial charge in [-0.05, 0) is 31.5 Å². The number of imidazole rings is 1. The van der Waals surface area contributed by atoms with Gasteiger partial charge in [0.2, 0.25) is 5.91 Å². The minimum Gasteiger partial charge on any atom is -0.337 e. The van der Waals surface area contributed by atoms with Gasteiger partial charge in [-0.15, -0.1) is 0 Å². The van der Waals surface area contributed by atoms with Crippen LogP contribution in [0.25, 0.3) is 0 Å². The van der Waals surface area contributed by atoms with Gasteiger partial charge in [-0.2, -0.15) is 0 Å². The van der Waals surface area contributed by atoms with Gasteiger partial charge in [-0.3, -0.25) is 4.79 Å². The Bertz CT molecular complexity index is 831. The summed E-state index contributed by atoms with van der Waals surface area (Å²) in [4.78, 5) is 20.3. The molecule has 0 saturated carbocycles. The first-order valence-electron chi connectivity index (χ1n) is 8.24. The van der Waals surface area contributed by atoms with E-state index in [0.717, 1.165) is 28.7 Å². The molecule has 3 aromatic rings. The van der Waals surface area contributed by atoms with Gasteiger partial charge >= 0.3 is 0 Å². The standard InChI is InChI=1S/C20H21N3OS/c1-14-18(13-16-9-5-3-6-10-16)23-20(21-14)25-15(2)19(24)22-17-11-7-4-8-12-17/h3-12,15H,13H2,1-2H3,(H,21,23)(H,22,24)/t15-/m1/s1. The molecule has 0 aliphatic rings. The number of para-hydroxylation sites is 1. The number of amides is 1. The summed E-state index contributed by atoms with van der Waals surface area (Å²) >= 11 is 1.44. The van der Waals surface area contributed by atoms with Crippen LogP contribution in [-0.2, 0) is 11.2 Å². The fourth-order valence-corrected chi connectivity index (χ4v) is 3.35. The molecule has 0 radical (unpaired) electrons. The maximum atomic E-state index is 12.3. The summed E-state index contributed by atoms with van der Waals surface area (Å²) < 4.78 is 0. The number of carbonyl (C=O) groups excluding carboxylic acids is 1. The minimum atomic E-state index is -0.240. The molecule has 1 aromatic heterocycles. The summed E-state index contributed by atoms with van der Waals surface area (Å²) in [6.45, 7) is 3.90. The Morgan fingerprint density at radius 3 is 2.44 bits per heavy atom. The number of hydrogen-bond acceptors (Lipinski definition) is 3. The predicted molar refractivity (Wildman–Crippen MR) is 103 cm³/mol. The summed E-state index contributed by atoms with van der Waals surface area (Å²) in [5.74, 6) is -0.0325. The van der Waals surface area contributed by atoms with E-state index in [1.54, 1.807) is 0 Å². The lowest BCUT2D eigenvalue weighted by atomic mass is 10.1. The molecule has 5 heteroatoms. The zero-order valence-electron chi connectivity index (χ0n) is 14.3. The van der Waals surface area contributed by atoms with Gasteiger partial charge in [0.05, 0.1) is 10.9 Å². The molecule has 4 nitrogen and oxygen atoms in total. The van der Waals surface area contributed by atoms with Crippen molar-refractivity contribution in [2.24, 2.45) is 0 Å². The number of rotatable bonds is 6. The minimum absolute atomic E-state index is 0.0325. The third kappa shape index (κ3) is 4.73. The lowest BCUT2D eigenvalue weighted by Gasteiger charge is -2.10. The highest BCUT2D eigenvalue weighted by molar-refractivity contribution is 8.00. The Morgan fingerprint density at radius 1 is 1.12 bits per heavy atom. The average Bonchev–Trinajstić information content (AvgIpc) is 2.95. The molecular formula is C20H21N3OS. The van der Waals surface area contributed by atoms with Crippen molar-refractivity contribution in [3.63, 3.8) is 0 Å². The van der Waals surface area contributed by atoms with Crippen LogP contribution in [0.15, 0.2) is 65.8 Å². The number of nitrogens with one attached hydrogen (secondary N) is 2. The average molecular weight is 351 g/mol. The van der Waals surface area contributed by atoms with E-state index < -0.39 is 0 Å². The van der Waals surface area contributed by atoms with Gasteiger partial charge < -0.3 is 10.3 Å². The second-order valence-electron chi connectivity index (χ2n) is 5.89. The number of aromatic amines is 1. The van der Waals surface area contributed by atoms with Crippen LogP contribution in [0, 0.1) is 6.92 Å². The van der Waals surface area contributed by atoms with E-state index in [9.17, 15) is 4.79 Å². The number of carbonyl (C=O) groups is 1. The van der Waals surface area contributed by atoms with Crippen molar-refractivity contribution in [3.8, 4) is 0 Å². The Morgan fingerprint density at radius 2 is 1.76 bits per heavy atom. The first-order chi connectivity index (χ1) is 12.1. The van der Waals surface area contributed by atoms with Crippen molar-refractivity contribution in [2.45, 2.75) is 30.7 Å². The van der Waals surface area contributed by atoms with Crippen molar-refractivity contribution < 1.29 is 4.79 Å². The Balaban J connectivity index is 1.62. The summed E-state index contributed by atoms with van der Waals surface area (Å²) in [7, 11) is 0. The Hall–Kier alpha value is -2.53. The molecule has 0 saturated heterocycles. The topological polar surface area (TPSA) is 57.8 Å². The first-order valence-corrected chi connectivity index (χ1v) is 9.12. The molecule has 0 spiro atoms. The van der Waals surface area contributed by atoms with Crippen LogP contribution >= 0.6 is 11.8 Å². The van der Waals surface area contributed by atoms with E-state index in [4.69, 9.17) is 0 Å². The second kappa shape index (κ2) is 8.03. The van der Waals surface area contributed by atoms with Crippen LogP contribution in [-0.4, -0.2) is 21.1 Å². The van der Waals surface area contributed by atoms with Crippen LogP contribution in [0.4, 0.5) is 5.69 Å². The van der Waals surface area contributed by atoms with Crippen LogP contribution in [0.5, 0.6) is 0 Å². The fourth-order valence-electron chi connectivity index (χ4n) is 2.47. The fraction of sp³-hybridized carbons (Fsp3) is 0.200. The SMILES string of the molecule is Cc1[nH]c(S[C@H](C)C(=O)Nc2ccccc2)nc1Cc1ccccc1. The van der Waals surface area contributed by atoms with Crippen molar-refractivity contribution in [3.05, 3.63) is 77.6 Å². The smallest absolute Gasteiger partial charge is 0.237 e. The molecule has 128 valence electrons. The molecule has 0 aliphatic carbocycles. The highest BCUT2D eigenvalue weighted by Crippen LogP contribution is 2.24. The number of benzene rings is 2. The largest absolute Gasteiger partial charge is 0.337 e. The third-order valence-corrected chi connectivity index (χ3v) is 4.86. The van der Waals surface area contributed by atoms with Gasteiger partial charge in [0.25, 0.3) is 0 Å². The second-order valence-corrected chi connectivity index (χ2v) is 7.22. The summed E-state index contributed by atoms with van der Waals surface area (Å²) in [5.41, 5.74) is 4.09. The normalized spacial score (nSPS) is 11.9. The summed E-state index contributed by atoms with van der Waals surface area (Å²) in [5, 5.41) is 3.46. The lowest BCUT2D eigenvalue weighted by molar-refractivity contribution is -0.115. The zero-order chi connectivity index (χ0) is 17.6. The molecule has 2 N–H and O–H groups in total. The molecule has 1 atom stereocenters.